The minimum atomic E-state index is 0.669. The summed E-state index contributed by atoms with van der Waals surface area (Å²) in [6.07, 6.45) is 1.84. The van der Waals surface area contributed by atoms with E-state index >= 15 is 0 Å². The quantitative estimate of drug-likeness (QED) is 0.540. The van der Waals surface area contributed by atoms with Gasteiger partial charge in [-0.15, -0.1) is 18.3 Å². The second-order valence-electron chi connectivity index (χ2n) is 2.17. The maximum absolute atomic E-state index is 5.93. The molecule has 1 aromatic rings. The molecule has 0 radical (unpaired) electrons. The van der Waals surface area contributed by atoms with Crippen LogP contribution in [0.3, 0.4) is 0 Å². The average molecular weight is 219 g/mol. The molecule has 12 heavy (non-hydrogen) atoms. The zero-order valence-electron chi connectivity index (χ0n) is 6.39. The number of thioether (sulfide) groups is 1. The van der Waals surface area contributed by atoms with Gasteiger partial charge in [-0.3, -0.25) is 0 Å². The lowest BCUT2D eigenvalue weighted by Crippen LogP contribution is -1.75. The summed E-state index contributed by atoms with van der Waals surface area (Å²) in [7, 11) is 0. The summed E-state index contributed by atoms with van der Waals surface area (Å²) in [6.45, 7) is 3.63. The van der Waals surface area contributed by atoms with E-state index in [0.717, 1.165) is 10.6 Å². The highest BCUT2D eigenvalue weighted by Crippen LogP contribution is 2.29. The minimum Gasteiger partial charge on any atom is -0.120 e. The minimum absolute atomic E-state index is 0.669. The molecule has 0 nitrogen and oxygen atoms in total. The summed E-state index contributed by atoms with van der Waals surface area (Å²) in [4.78, 5) is 1.04. The fourth-order valence-electron chi connectivity index (χ4n) is 0.741. The monoisotopic (exact) mass is 218 g/mol. The van der Waals surface area contributed by atoms with Gasteiger partial charge in [0.2, 0.25) is 0 Å². The van der Waals surface area contributed by atoms with Crippen molar-refractivity contribution in [2.75, 3.05) is 5.75 Å². The summed E-state index contributed by atoms with van der Waals surface area (Å²) in [6, 6.07) is 5.49. The molecule has 0 aliphatic heterocycles. The molecule has 3 heteroatoms. The van der Waals surface area contributed by atoms with Gasteiger partial charge in [-0.25, -0.2) is 0 Å². The molecule has 0 aliphatic rings. The highest BCUT2D eigenvalue weighted by atomic mass is 35.5. The fraction of sp³-hybridized carbons (Fsp3) is 0.111. The van der Waals surface area contributed by atoms with Crippen LogP contribution >= 0.6 is 35.0 Å². The van der Waals surface area contributed by atoms with Crippen LogP contribution < -0.4 is 0 Å². The first-order valence-corrected chi connectivity index (χ1v) is 5.17. The van der Waals surface area contributed by atoms with Gasteiger partial charge in [0.15, 0.2) is 0 Å². The van der Waals surface area contributed by atoms with Crippen molar-refractivity contribution in [2.24, 2.45) is 0 Å². The zero-order valence-corrected chi connectivity index (χ0v) is 8.72. The number of halogens is 2. The topological polar surface area (TPSA) is 0 Å². The molecule has 1 aromatic carbocycles. The molecule has 0 N–H and O–H groups in total. The van der Waals surface area contributed by atoms with Gasteiger partial charge in [-0.05, 0) is 18.2 Å². The van der Waals surface area contributed by atoms with E-state index in [2.05, 4.69) is 6.58 Å². The Hall–Kier alpha value is -0.110. The van der Waals surface area contributed by atoms with Crippen LogP contribution in [-0.4, -0.2) is 5.75 Å². The molecular formula is C9H8Cl2S. The molecule has 0 fully saturated rings. The number of rotatable bonds is 3. The first-order chi connectivity index (χ1) is 5.74. The van der Waals surface area contributed by atoms with Gasteiger partial charge in [0.25, 0.3) is 0 Å². The second kappa shape index (κ2) is 4.80. The molecule has 64 valence electrons. The molecular weight excluding hydrogens is 211 g/mol. The van der Waals surface area contributed by atoms with Crippen molar-refractivity contribution < 1.29 is 0 Å². The standard InChI is InChI=1S/C9H8Cl2S/c1-2-5-12-9-4-3-7(10)6-8(9)11/h2-4,6H,1,5H2. The molecule has 0 saturated carbocycles. The van der Waals surface area contributed by atoms with E-state index in [9.17, 15) is 0 Å². The Bertz CT molecular complexity index is 284. The van der Waals surface area contributed by atoms with E-state index in [0.29, 0.717) is 10.0 Å². The van der Waals surface area contributed by atoms with Gasteiger partial charge in [0.05, 0.1) is 5.02 Å². The SMILES string of the molecule is C=CCSc1ccc(Cl)cc1Cl. The lowest BCUT2D eigenvalue weighted by atomic mass is 10.4. The van der Waals surface area contributed by atoms with Crippen molar-refractivity contribution >= 4 is 35.0 Å². The van der Waals surface area contributed by atoms with E-state index in [1.165, 1.54) is 0 Å². The Morgan fingerprint density at radius 3 is 2.75 bits per heavy atom. The highest BCUT2D eigenvalue weighted by molar-refractivity contribution is 7.99. The van der Waals surface area contributed by atoms with Crippen LogP contribution in [0.2, 0.25) is 10.0 Å². The van der Waals surface area contributed by atoms with E-state index < -0.39 is 0 Å². The third-order valence-electron chi connectivity index (χ3n) is 1.25. The van der Waals surface area contributed by atoms with Gasteiger partial charge < -0.3 is 0 Å². The molecule has 0 saturated heterocycles. The van der Waals surface area contributed by atoms with E-state index in [-0.39, 0.29) is 0 Å². The van der Waals surface area contributed by atoms with E-state index in [4.69, 9.17) is 23.2 Å². The summed E-state index contributed by atoms with van der Waals surface area (Å²) in [5.74, 6) is 0.862. The smallest absolute Gasteiger partial charge is 0.0556 e. The second-order valence-corrected chi connectivity index (χ2v) is 4.08. The summed E-state index contributed by atoms with van der Waals surface area (Å²) >= 11 is 13.3. The Kier molecular flexibility index (Phi) is 3.99. The molecule has 0 spiro atoms. The predicted octanol–water partition coefficient (Wildman–Crippen LogP) is 4.27. The van der Waals surface area contributed by atoms with Crippen molar-refractivity contribution in [3.63, 3.8) is 0 Å². The molecule has 0 atom stereocenters. The molecule has 0 amide bonds. The Labute approximate surface area is 86.6 Å². The van der Waals surface area contributed by atoms with E-state index in [1.54, 1.807) is 17.8 Å². The van der Waals surface area contributed by atoms with Crippen LogP contribution in [0.15, 0.2) is 35.7 Å². The Morgan fingerprint density at radius 2 is 2.17 bits per heavy atom. The largest absolute Gasteiger partial charge is 0.120 e. The first kappa shape index (κ1) is 9.97. The van der Waals surface area contributed by atoms with Gasteiger partial charge in [0, 0.05) is 15.7 Å². The van der Waals surface area contributed by atoms with Crippen LogP contribution in [-0.2, 0) is 0 Å². The lowest BCUT2D eigenvalue weighted by Gasteiger charge is -2.01. The van der Waals surface area contributed by atoms with Crippen LogP contribution in [0.4, 0.5) is 0 Å². The third-order valence-corrected chi connectivity index (χ3v) is 2.98. The lowest BCUT2D eigenvalue weighted by molar-refractivity contribution is 1.46. The van der Waals surface area contributed by atoms with Crippen molar-refractivity contribution in [2.45, 2.75) is 4.90 Å². The molecule has 0 bridgehead atoms. The van der Waals surface area contributed by atoms with Crippen molar-refractivity contribution in [3.8, 4) is 0 Å². The van der Waals surface area contributed by atoms with Crippen LogP contribution in [0.1, 0.15) is 0 Å². The highest BCUT2D eigenvalue weighted by Gasteiger charge is 1.99. The Balaban J connectivity index is 2.78. The number of hydrogen-bond donors (Lipinski definition) is 0. The third kappa shape index (κ3) is 2.74. The van der Waals surface area contributed by atoms with Crippen molar-refractivity contribution in [1.82, 2.24) is 0 Å². The zero-order chi connectivity index (χ0) is 8.97. The van der Waals surface area contributed by atoms with Gasteiger partial charge in [-0.1, -0.05) is 29.3 Å². The van der Waals surface area contributed by atoms with Gasteiger partial charge in [0.1, 0.15) is 0 Å². The van der Waals surface area contributed by atoms with Gasteiger partial charge in [-0.2, -0.15) is 0 Å². The van der Waals surface area contributed by atoms with E-state index in [1.807, 2.05) is 18.2 Å². The molecule has 0 heterocycles. The predicted molar refractivity (Wildman–Crippen MR) is 57.4 cm³/mol. The van der Waals surface area contributed by atoms with Crippen LogP contribution in [0.5, 0.6) is 0 Å². The summed E-state index contributed by atoms with van der Waals surface area (Å²) in [5.41, 5.74) is 0. The van der Waals surface area contributed by atoms with Crippen molar-refractivity contribution in [1.29, 1.82) is 0 Å². The van der Waals surface area contributed by atoms with Crippen LogP contribution in [0.25, 0.3) is 0 Å². The summed E-state index contributed by atoms with van der Waals surface area (Å²) < 4.78 is 0. The normalized spacial score (nSPS) is 9.83. The maximum atomic E-state index is 5.93. The summed E-state index contributed by atoms with van der Waals surface area (Å²) in [5, 5.41) is 1.37. The maximum Gasteiger partial charge on any atom is 0.0556 e. The molecule has 1 rings (SSSR count). The van der Waals surface area contributed by atoms with Crippen LogP contribution in [0, 0.1) is 0 Å². The molecule has 0 unspecified atom stereocenters. The average Bonchev–Trinajstić information content (AvgIpc) is 2.03. The first-order valence-electron chi connectivity index (χ1n) is 3.43. The fourth-order valence-corrected chi connectivity index (χ4v) is 1.97. The van der Waals surface area contributed by atoms with Gasteiger partial charge >= 0.3 is 0 Å². The Morgan fingerprint density at radius 1 is 1.42 bits per heavy atom. The van der Waals surface area contributed by atoms with Crippen molar-refractivity contribution in [3.05, 3.63) is 40.9 Å². The molecule has 0 aromatic heterocycles. The number of hydrogen-bond acceptors (Lipinski definition) is 1. The number of benzene rings is 1. The molecule has 0 aliphatic carbocycles.